The molecule has 0 amide bonds. The van der Waals surface area contributed by atoms with Crippen molar-refractivity contribution < 1.29 is 9.47 Å². The molecular formula is C9H17NO2. The van der Waals surface area contributed by atoms with Gasteiger partial charge in [0.1, 0.15) is 5.60 Å². The Morgan fingerprint density at radius 2 is 2.58 bits per heavy atom. The van der Waals surface area contributed by atoms with Crippen LogP contribution in [0.3, 0.4) is 0 Å². The number of ether oxygens (including phenoxy) is 2. The van der Waals surface area contributed by atoms with Crippen LogP contribution in [-0.4, -0.2) is 39.0 Å². The van der Waals surface area contributed by atoms with Crippen molar-refractivity contribution in [2.24, 2.45) is 0 Å². The van der Waals surface area contributed by atoms with Gasteiger partial charge in [0.2, 0.25) is 0 Å². The highest BCUT2D eigenvalue weighted by Crippen LogP contribution is 2.21. The second kappa shape index (κ2) is 4.60. The fourth-order valence-corrected chi connectivity index (χ4v) is 1.36. The van der Waals surface area contributed by atoms with Gasteiger partial charge >= 0.3 is 0 Å². The summed E-state index contributed by atoms with van der Waals surface area (Å²) in [6, 6.07) is 0. The lowest BCUT2D eigenvalue weighted by Crippen LogP contribution is -2.43. The molecule has 0 aromatic heterocycles. The second-order valence-electron chi connectivity index (χ2n) is 3.11. The molecule has 1 atom stereocenters. The van der Waals surface area contributed by atoms with Gasteiger partial charge in [0.25, 0.3) is 0 Å². The van der Waals surface area contributed by atoms with Crippen molar-refractivity contribution in [3.63, 3.8) is 0 Å². The molecule has 0 aliphatic carbocycles. The SMILES string of the molecule is C=CCNCC1(OC)CCOC1. The Bertz CT molecular complexity index is 141. The predicted octanol–water partition coefficient (Wildman–Crippen LogP) is 0.567. The van der Waals surface area contributed by atoms with Gasteiger partial charge in [-0.1, -0.05) is 6.08 Å². The first-order valence-electron chi connectivity index (χ1n) is 4.27. The highest BCUT2D eigenvalue weighted by Gasteiger charge is 2.34. The van der Waals surface area contributed by atoms with Crippen LogP contribution in [0, 0.1) is 0 Å². The van der Waals surface area contributed by atoms with E-state index in [0.29, 0.717) is 6.61 Å². The molecule has 70 valence electrons. The third-order valence-electron chi connectivity index (χ3n) is 2.24. The monoisotopic (exact) mass is 171 g/mol. The first-order chi connectivity index (χ1) is 5.83. The van der Waals surface area contributed by atoms with Crippen LogP contribution in [0.1, 0.15) is 6.42 Å². The highest BCUT2D eigenvalue weighted by molar-refractivity contribution is 4.87. The molecule has 1 rings (SSSR count). The lowest BCUT2D eigenvalue weighted by atomic mass is 10.0. The summed E-state index contributed by atoms with van der Waals surface area (Å²) in [6.07, 6.45) is 2.83. The van der Waals surface area contributed by atoms with Gasteiger partial charge in [0.05, 0.1) is 6.61 Å². The van der Waals surface area contributed by atoms with Crippen molar-refractivity contribution in [2.45, 2.75) is 12.0 Å². The maximum absolute atomic E-state index is 5.42. The molecule has 1 heterocycles. The summed E-state index contributed by atoms with van der Waals surface area (Å²) < 4.78 is 10.7. The van der Waals surface area contributed by atoms with E-state index in [9.17, 15) is 0 Å². The molecule has 1 N–H and O–H groups in total. The Labute approximate surface area is 73.7 Å². The minimum atomic E-state index is -0.0942. The molecule has 12 heavy (non-hydrogen) atoms. The van der Waals surface area contributed by atoms with Gasteiger partial charge in [-0.05, 0) is 0 Å². The van der Waals surface area contributed by atoms with Gasteiger partial charge in [-0.3, -0.25) is 0 Å². The Kier molecular flexibility index (Phi) is 3.72. The van der Waals surface area contributed by atoms with Crippen LogP contribution in [0.4, 0.5) is 0 Å². The normalized spacial score (nSPS) is 29.1. The Morgan fingerprint density at radius 1 is 1.75 bits per heavy atom. The van der Waals surface area contributed by atoms with E-state index in [0.717, 1.165) is 26.1 Å². The van der Waals surface area contributed by atoms with Crippen LogP contribution in [0.25, 0.3) is 0 Å². The van der Waals surface area contributed by atoms with Gasteiger partial charge < -0.3 is 14.8 Å². The average Bonchev–Trinajstić information content (AvgIpc) is 2.55. The fraction of sp³-hybridized carbons (Fsp3) is 0.778. The van der Waals surface area contributed by atoms with Crippen molar-refractivity contribution in [1.82, 2.24) is 5.32 Å². The molecule has 1 aliphatic rings. The number of hydrogen-bond donors (Lipinski definition) is 1. The van der Waals surface area contributed by atoms with E-state index >= 15 is 0 Å². The highest BCUT2D eigenvalue weighted by atomic mass is 16.5. The summed E-state index contributed by atoms with van der Waals surface area (Å²) in [5.74, 6) is 0. The number of rotatable bonds is 5. The van der Waals surface area contributed by atoms with Crippen molar-refractivity contribution in [3.05, 3.63) is 12.7 Å². The zero-order chi connectivity index (χ0) is 8.86. The Hall–Kier alpha value is -0.380. The number of nitrogens with one attached hydrogen (secondary N) is 1. The summed E-state index contributed by atoms with van der Waals surface area (Å²) in [5.41, 5.74) is -0.0942. The van der Waals surface area contributed by atoms with Gasteiger partial charge in [-0.15, -0.1) is 6.58 Å². The molecule has 1 saturated heterocycles. The van der Waals surface area contributed by atoms with Crippen LogP contribution in [0.15, 0.2) is 12.7 Å². The van der Waals surface area contributed by atoms with E-state index in [1.165, 1.54) is 0 Å². The van der Waals surface area contributed by atoms with E-state index in [2.05, 4.69) is 11.9 Å². The first kappa shape index (κ1) is 9.71. The van der Waals surface area contributed by atoms with Crippen LogP contribution in [0.5, 0.6) is 0 Å². The van der Waals surface area contributed by atoms with Crippen molar-refractivity contribution in [2.75, 3.05) is 33.4 Å². The molecule has 1 aliphatic heterocycles. The molecule has 1 fully saturated rings. The molecular weight excluding hydrogens is 154 g/mol. The van der Waals surface area contributed by atoms with Crippen LogP contribution >= 0.6 is 0 Å². The molecule has 0 aromatic rings. The average molecular weight is 171 g/mol. The van der Waals surface area contributed by atoms with E-state index in [-0.39, 0.29) is 5.60 Å². The fourth-order valence-electron chi connectivity index (χ4n) is 1.36. The van der Waals surface area contributed by atoms with E-state index in [1.807, 2.05) is 6.08 Å². The predicted molar refractivity (Wildman–Crippen MR) is 48.2 cm³/mol. The van der Waals surface area contributed by atoms with Gasteiger partial charge in [-0.25, -0.2) is 0 Å². The van der Waals surface area contributed by atoms with Crippen LogP contribution in [-0.2, 0) is 9.47 Å². The Balaban J connectivity index is 2.28. The summed E-state index contributed by atoms with van der Waals surface area (Å²) >= 11 is 0. The quantitative estimate of drug-likeness (QED) is 0.484. The summed E-state index contributed by atoms with van der Waals surface area (Å²) in [4.78, 5) is 0. The van der Waals surface area contributed by atoms with Gasteiger partial charge in [0, 0.05) is 33.2 Å². The maximum atomic E-state index is 5.42. The lowest BCUT2D eigenvalue weighted by Gasteiger charge is -2.25. The second-order valence-corrected chi connectivity index (χ2v) is 3.11. The topological polar surface area (TPSA) is 30.5 Å². The molecule has 0 bridgehead atoms. The van der Waals surface area contributed by atoms with Crippen molar-refractivity contribution >= 4 is 0 Å². The zero-order valence-electron chi connectivity index (χ0n) is 7.64. The Morgan fingerprint density at radius 3 is 3.08 bits per heavy atom. The van der Waals surface area contributed by atoms with Crippen LogP contribution < -0.4 is 5.32 Å². The third kappa shape index (κ3) is 2.30. The standard InChI is InChI=1S/C9H17NO2/c1-3-5-10-7-9(11-2)4-6-12-8-9/h3,10H,1,4-8H2,2H3. The molecule has 0 saturated carbocycles. The molecule has 1 unspecified atom stereocenters. The summed E-state index contributed by atoms with van der Waals surface area (Å²) in [7, 11) is 1.74. The van der Waals surface area contributed by atoms with Gasteiger partial charge in [0.15, 0.2) is 0 Å². The van der Waals surface area contributed by atoms with Crippen molar-refractivity contribution in [3.8, 4) is 0 Å². The van der Waals surface area contributed by atoms with E-state index in [1.54, 1.807) is 7.11 Å². The lowest BCUT2D eigenvalue weighted by molar-refractivity contribution is -0.0150. The van der Waals surface area contributed by atoms with Crippen molar-refractivity contribution in [1.29, 1.82) is 0 Å². The number of methoxy groups -OCH3 is 1. The summed E-state index contributed by atoms with van der Waals surface area (Å²) in [5, 5.41) is 3.25. The van der Waals surface area contributed by atoms with E-state index in [4.69, 9.17) is 9.47 Å². The zero-order valence-corrected chi connectivity index (χ0v) is 7.64. The first-order valence-corrected chi connectivity index (χ1v) is 4.27. The molecule has 0 radical (unpaired) electrons. The molecule has 0 spiro atoms. The number of hydrogen-bond acceptors (Lipinski definition) is 3. The minimum absolute atomic E-state index is 0.0942. The minimum Gasteiger partial charge on any atom is -0.378 e. The van der Waals surface area contributed by atoms with Crippen LogP contribution in [0.2, 0.25) is 0 Å². The maximum Gasteiger partial charge on any atom is 0.106 e. The molecule has 3 nitrogen and oxygen atoms in total. The smallest absolute Gasteiger partial charge is 0.106 e. The summed E-state index contributed by atoms with van der Waals surface area (Å²) in [6.45, 7) is 6.82. The van der Waals surface area contributed by atoms with Gasteiger partial charge in [-0.2, -0.15) is 0 Å². The molecule has 0 aromatic carbocycles. The van der Waals surface area contributed by atoms with E-state index < -0.39 is 0 Å². The third-order valence-corrected chi connectivity index (χ3v) is 2.24. The largest absolute Gasteiger partial charge is 0.378 e. The molecule has 3 heteroatoms.